The van der Waals surface area contributed by atoms with E-state index in [0.717, 1.165) is 30.4 Å². The molecule has 0 aliphatic carbocycles. The molecule has 0 aromatic heterocycles. The number of halogens is 1. The molecule has 0 aliphatic heterocycles. The molecule has 7 nitrogen and oxygen atoms in total. The first-order chi connectivity index (χ1) is 16.5. The van der Waals surface area contributed by atoms with E-state index >= 15 is 0 Å². The van der Waals surface area contributed by atoms with E-state index in [9.17, 15) is 9.59 Å². The van der Waals surface area contributed by atoms with Crippen LogP contribution in [0.2, 0.25) is 0 Å². The maximum atomic E-state index is 12.8. The van der Waals surface area contributed by atoms with E-state index in [4.69, 9.17) is 15.9 Å². The van der Waals surface area contributed by atoms with Gasteiger partial charge in [0.2, 0.25) is 0 Å². The number of nitrogens with two attached hydrogens (primary N) is 1. The minimum atomic E-state index is -0.229. The SMILES string of the molecule is COC(=O)CCCCCOc1ccc(-c2ccc(C(=N)N)cc2)cc1NC(=O)c1ccccc1.Cl. The van der Waals surface area contributed by atoms with E-state index < -0.39 is 0 Å². The van der Waals surface area contributed by atoms with Gasteiger partial charge < -0.3 is 20.5 Å². The van der Waals surface area contributed by atoms with E-state index in [0.29, 0.717) is 35.6 Å². The number of unbranched alkanes of at least 4 members (excludes halogenated alkanes) is 2. The monoisotopic (exact) mass is 495 g/mol. The van der Waals surface area contributed by atoms with Gasteiger partial charge in [0.15, 0.2) is 0 Å². The van der Waals surface area contributed by atoms with Crippen LogP contribution in [0.3, 0.4) is 0 Å². The van der Waals surface area contributed by atoms with Crippen molar-refractivity contribution in [2.45, 2.75) is 25.7 Å². The molecule has 0 heterocycles. The molecule has 0 saturated carbocycles. The number of nitrogens with one attached hydrogen (secondary N) is 2. The summed E-state index contributed by atoms with van der Waals surface area (Å²) in [6.07, 6.45) is 2.74. The molecular formula is C27H30ClN3O4. The van der Waals surface area contributed by atoms with Crippen molar-refractivity contribution in [3.8, 4) is 16.9 Å². The minimum Gasteiger partial charge on any atom is -0.491 e. The second-order valence-corrected chi connectivity index (χ2v) is 7.76. The molecule has 0 radical (unpaired) electrons. The number of ether oxygens (including phenoxy) is 2. The summed E-state index contributed by atoms with van der Waals surface area (Å²) in [4.78, 5) is 24.0. The number of methoxy groups -OCH3 is 1. The molecule has 0 spiro atoms. The van der Waals surface area contributed by atoms with Gasteiger partial charge in [-0.2, -0.15) is 0 Å². The maximum absolute atomic E-state index is 12.8. The number of carbonyl (C=O) groups excluding carboxylic acids is 2. The summed E-state index contributed by atoms with van der Waals surface area (Å²) >= 11 is 0. The molecule has 8 heteroatoms. The van der Waals surface area contributed by atoms with Crippen molar-refractivity contribution in [3.63, 3.8) is 0 Å². The summed E-state index contributed by atoms with van der Waals surface area (Å²) in [6, 6.07) is 22.0. The van der Waals surface area contributed by atoms with Gasteiger partial charge in [0.1, 0.15) is 11.6 Å². The van der Waals surface area contributed by atoms with Crippen molar-refractivity contribution in [1.29, 1.82) is 5.41 Å². The Labute approximate surface area is 211 Å². The molecule has 0 atom stereocenters. The van der Waals surface area contributed by atoms with Gasteiger partial charge in [-0.1, -0.05) is 48.5 Å². The van der Waals surface area contributed by atoms with Crippen molar-refractivity contribution in [2.24, 2.45) is 5.73 Å². The lowest BCUT2D eigenvalue weighted by Gasteiger charge is -2.15. The van der Waals surface area contributed by atoms with E-state index in [2.05, 4.69) is 10.1 Å². The van der Waals surface area contributed by atoms with Gasteiger partial charge >= 0.3 is 5.97 Å². The average Bonchev–Trinajstić information content (AvgIpc) is 2.87. The van der Waals surface area contributed by atoms with Gasteiger partial charge in [0.05, 0.1) is 19.4 Å². The molecule has 184 valence electrons. The number of nitrogen functional groups attached to an aromatic ring is 1. The molecule has 0 unspecified atom stereocenters. The van der Waals surface area contributed by atoms with Crippen LogP contribution in [0.1, 0.15) is 41.6 Å². The van der Waals surface area contributed by atoms with E-state index in [1.54, 1.807) is 24.3 Å². The standard InChI is InChI=1S/C27H29N3O4.ClH/c1-33-25(31)10-6-3-7-17-34-24-16-15-22(19-11-13-20(14-12-19)26(28)29)18-23(24)30-27(32)21-8-4-2-5-9-21;/h2,4-5,8-9,11-16,18H,3,6-7,10,17H2,1H3,(H3,28,29)(H,30,32);1H. The Morgan fingerprint density at radius 3 is 2.23 bits per heavy atom. The van der Waals surface area contributed by atoms with Crippen LogP contribution in [0.4, 0.5) is 5.69 Å². The molecule has 0 fully saturated rings. The van der Waals surface area contributed by atoms with Crippen molar-refractivity contribution in [3.05, 3.63) is 83.9 Å². The molecule has 0 bridgehead atoms. The summed E-state index contributed by atoms with van der Waals surface area (Å²) in [5.41, 5.74) is 9.13. The van der Waals surface area contributed by atoms with Gasteiger partial charge in [-0.3, -0.25) is 15.0 Å². The second-order valence-electron chi connectivity index (χ2n) is 7.76. The van der Waals surface area contributed by atoms with E-state index in [1.165, 1.54) is 7.11 Å². The van der Waals surface area contributed by atoms with E-state index in [-0.39, 0.29) is 30.1 Å². The Morgan fingerprint density at radius 1 is 0.886 bits per heavy atom. The van der Waals surface area contributed by atoms with E-state index in [1.807, 2.05) is 48.5 Å². The highest BCUT2D eigenvalue weighted by Crippen LogP contribution is 2.31. The Kier molecular flexibility index (Phi) is 10.8. The van der Waals surface area contributed by atoms with Gasteiger partial charge in [0.25, 0.3) is 5.91 Å². The number of carbonyl (C=O) groups is 2. The Bertz CT molecular complexity index is 1130. The Balaban J connectivity index is 0.00000432. The van der Waals surface area contributed by atoms with Gasteiger partial charge in [-0.25, -0.2) is 0 Å². The lowest BCUT2D eigenvalue weighted by molar-refractivity contribution is -0.140. The normalized spacial score (nSPS) is 10.1. The molecule has 3 rings (SSSR count). The predicted molar refractivity (Wildman–Crippen MR) is 141 cm³/mol. The number of rotatable bonds is 11. The van der Waals surface area contributed by atoms with Crippen molar-refractivity contribution in [2.75, 3.05) is 19.0 Å². The van der Waals surface area contributed by atoms with Gasteiger partial charge in [-0.15, -0.1) is 12.4 Å². The zero-order valence-corrected chi connectivity index (χ0v) is 20.4. The third-order valence-electron chi connectivity index (χ3n) is 5.30. The summed E-state index contributed by atoms with van der Waals surface area (Å²) in [6.45, 7) is 0.460. The zero-order chi connectivity index (χ0) is 24.3. The smallest absolute Gasteiger partial charge is 0.305 e. The number of anilines is 1. The van der Waals surface area contributed by atoms with Crippen LogP contribution in [-0.2, 0) is 9.53 Å². The molecule has 0 aliphatic rings. The van der Waals surface area contributed by atoms with Crippen LogP contribution < -0.4 is 15.8 Å². The fourth-order valence-electron chi connectivity index (χ4n) is 3.39. The molecule has 3 aromatic carbocycles. The molecule has 1 amide bonds. The Hall–Kier alpha value is -3.84. The minimum absolute atomic E-state index is 0. The molecule has 3 aromatic rings. The van der Waals surface area contributed by atoms with Crippen molar-refractivity contribution in [1.82, 2.24) is 0 Å². The van der Waals surface area contributed by atoms with Crippen LogP contribution in [0, 0.1) is 5.41 Å². The number of esters is 1. The first-order valence-electron chi connectivity index (χ1n) is 11.1. The third kappa shape index (κ3) is 8.15. The van der Waals surface area contributed by atoms with Crippen LogP contribution in [0.15, 0.2) is 72.8 Å². The van der Waals surface area contributed by atoms with Crippen LogP contribution in [0.25, 0.3) is 11.1 Å². The highest BCUT2D eigenvalue weighted by Gasteiger charge is 2.12. The van der Waals surface area contributed by atoms with Crippen molar-refractivity contribution >= 4 is 35.8 Å². The highest BCUT2D eigenvalue weighted by molar-refractivity contribution is 6.05. The summed E-state index contributed by atoms with van der Waals surface area (Å²) < 4.78 is 10.6. The number of amidine groups is 1. The number of amides is 1. The predicted octanol–water partition coefficient (Wildman–Crippen LogP) is 5.42. The largest absolute Gasteiger partial charge is 0.491 e. The average molecular weight is 496 g/mol. The van der Waals surface area contributed by atoms with Crippen LogP contribution in [-0.4, -0.2) is 31.4 Å². The van der Waals surface area contributed by atoms with Crippen molar-refractivity contribution < 1.29 is 19.1 Å². The maximum Gasteiger partial charge on any atom is 0.305 e. The quantitative estimate of drug-likeness (QED) is 0.142. The summed E-state index contributed by atoms with van der Waals surface area (Å²) in [5, 5.41) is 10.5. The van der Waals surface area contributed by atoms with Gasteiger partial charge in [0, 0.05) is 17.5 Å². The van der Waals surface area contributed by atoms with Crippen LogP contribution >= 0.6 is 12.4 Å². The highest BCUT2D eigenvalue weighted by atomic mass is 35.5. The summed E-state index contributed by atoms with van der Waals surface area (Å²) in [7, 11) is 1.39. The number of hydrogen-bond acceptors (Lipinski definition) is 5. The molecule has 35 heavy (non-hydrogen) atoms. The fourth-order valence-corrected chi connectivity index (χ4v) is 3.39. The van der Waals surface area contributed by atoms with Gasteiger partial charge in [-0.05, 0) is 54.7 Å². The lowest BCUT2D eigenvalue weighted by atomic mass is 10.0. The molecule has 0 saturated heterocycles. The molecule has 4 N–H and O–H groups in total. The second kappa shape index (κ2) is 13.8. The van der Waals surface area contributed by atoms with Crippen LogP contribution in [0.5, 0.6) is 5.75 Å². The topological polar surface area (TPSA) is 114 Å². The lowest BCUT2D eigenvalue weighted by Crippen LogP contribution is -2.13. The molecular weight excluding hydrogens is 466 g/mol. The fraction of sp³-hybridized carbons (Fsp3) is 0.222. The Morgan fingerprint density at radius 2 is 1.57 bits per heavy atom. The number of benzene rings is 3. The zero-order valence-electron chi connectivity index (χ0n) is 19.6. The first-order valence-corrected chi connectivity index (χ1v) is 11.1. The first kappa shape index (κ1) is 27.4. The third-order valence-corrected chi connectivity index (χ3v) is 5.30. The summed E-state index contributed by atoms with van der Waals surface area (Å²) in [5.74, 6) is 0.144. The number of hydrogen-bond donors (Lipinski definition) is 3.